The Bertz CT molecular complexity index is 1120. The van der Waals surface area contributed by atoms with Crippen molar-refractivity contribution in [1.29, 1.82) is 0 Å². The second-order valence-corrected chi connectivity index (χ2v) is 11.9. The molecule has 0 spiro atoms. The van der Waals surface area contributed by atoms with E-state index in [-0.39, 0.29) is 28.8 Å². The number of sulfonamides is 1. The first-order valence-corrected chi connectivity index (χ1v) is 13.3. The van der Waals surface area contributed by atoms with E-state index in [2.05, 4.69) is 17.2 Å². The Morgan fingerprint density at radius 3 is 2.55 bits per heavy atom. The van der Waals surface area contributed by atoms with Crippen LogP contribution in [-0.4, -0.2) is 47.3 Å². The number of nitrogens with zero attached hydrogens (tertiary/aromatic N) is 3. The molecule has 0 aromatic carbocycles. The molecule has 1 amide bonds. The van der Waals surface area contributed by atoms with Gasteiger partial charge in [-0.05, 0) is 38.5 Å². The molecule has 2 aromatic heterocycles. The summed E-state index contributed by atoms with van der Waals surface area (Å²) in [6.07, 6.45) is 8.27. The number of hydrogen-bond donors (Lipinski definition) is 1. The van der Waals surface area contributed by atoms with Crippen molar-refractivity contribution in [3.05, 3.63) is 21.6 Å². The number of fused-ring (bicyclic) bond motifs is 1. The van der Waals surface area contributed by atoms with Gasteiger partial charge in [-0.15, -0.1) is 11.3 Å². The first-order valence-electron chi connectivity index (χ1n) is 11.1. The summed E-state index contributed by atoms with van der Waals surface area (Å²) in [4.78, 5) is 31.1. The first kappa shape index (κ1) is 22.4. The van der Waals surface area contributed by atoms with Crippen LogP contribution in [0.25, 0.3) is 10.2 Å². The lowest BCUT2D eigenvalue weighted by molar-refractivity contribution is -0.122. The van der Waals surface area contributed by atoms with Gasteiger partial charge in [-0.2, -0.15) is 4.31 Å². The van der Waals surface area contributed by atoms with Crippen LogP contribution >= 0.6 is 11.3 Å². The zero-order valence-electron chi connectivity index (χ0n) is 18.1. The van der Waals surface area contributed by atoms with E-state index in [1.807, 2.05) is 0 Å². The SMILES string of the molecule is Cc1sc2ncn(CC(=O)NC3CCCCC3)c(=O)c2c1S(=O)(=O)N1CCC(C)CC1. The highest BCUT2D eigenvalue weighted by Gasteiger charge is 2.33. The summed E-state index contributed by atoms with van der Waals surface area (Å²) in [5.41, 5.74) is -0.475. The van der Waals surface area contributed by atoms with E-state index in [1.165, 1.54) is 33.0 Å². The lowest BCUT2D eigenvalue weighted by Crippen LogP contribution is -2.40. The van der Waals surface area contributed by atoms with Crippen molar-refractivity contribution >= 4 is 37.5 Å². The standard InChI is InChI=1S/C21H30N4O4S2/c1-14-8-10-25(11-9-14)31(28,29)19-15(2)30-20-18(19)21(27)24(13-22-20)12-17(26)23-16-6-4-3-5-7-16/h13-14,16H,3-12H2,1-2H3,(H,23,26). The van der Waals surface area contributed by atoms with Gasteiger partial charge in [0.05, 0.1) is 11.7 Å². The summed E-state index contributed by atoms with van der Waals surface area (Å²) in [5, 5.41) is 3.10. The second kappa shape index (κ2) is 8.99. The Labute approximate surface area is 186 Å². The lowest BCUT2D eigenvalue weighted by Gasteiger charge is -2.29. The molecule has 170 valence electrons. The van der Waals surface area contributed by atoms with Gasteiger partial charge in [0.1, 0.15) is 16.3 Å². The molecule has 0 atom stereocenters. The molecule has 0 unspecified atom stereocenters. The molecule has 1 aliphatic heterocycles. The van der Waals surface area contributed by atoms with Crippen molar-refractivity contribution in [2.24, 2.45) is 5.92 Å². The van der Waals surface area contributed by atoms with E-state index in [4.69, 9.17) is 0 Å². The third kappa shape index (κ3) is 4.56. The number of piperidine rings is 1. The zero-order valence-corrected chi connectivity index (χ0v) is 19.7. The summed E-state index contributed by atoms with van der Waals surface area (Å²) < 4.78 is 29.5. The van der Waals surface area contributed by atoms with E-state index in [0.717, 1.165) is 38.5 Å². The van der Waals surface area contributed by atoms with Crippen LogP contribution in [-0.2, 0) is 21.4 Å². The van der Waals surface area contributed by atoms with Crippen LogP contribution in [0.2, 0.25) is 0 Å². The van der Waals surface area contributed by atoms with Gasteiger partial charge >= 0.3 is 0 Å². The van der Waals surface area contributed by atoms with Crippen LogP contribution in [0.1, 0.15) is 56.7 Å². The number of hydrogen-bond acceptors (Lipinski definition) is 6. The molecule has 0 radical (unpaired) electrons. The molecule has 2 aliphatic rings. The third-order valence-electron chi connectivity index (χ3n) is 6.42. The Morgan fingerprint density at radius 2 is 1.87 bits per heavy atom. The summed E-state index contributed by atoms with van der Waals surface area (Å²) in [6, 6.07) is 0.148. The lowest BCUT2D eigenvalue weighted by atomic mass is 9.95. The number of thiophene rings is 1. The van der Waals surface area contributed by atoms with Gasteiger partial charge in [0.2, 0.25) is 15.9 Å². The van der Waals surface area contributed by atoms with Crippen LogP contribution in [0.3, 0.4) is 0 Å². The molecule has 8 nitrogen and oxygen atoms in total. The monoisotopic (exact) mass is 466 g/mol. The van der Waals surface area contributed by atoms with Gasteiger partial charge in [-0.1, -0.05) is 26.2 Å². The molecular weight excluding hydrogens is 436 g/mol. The molecule has 1 saturated heterocycles. The van der Waals surface area contributed by atoms with E-state index >= 15 is 0 Å². The van der Waals surface area contributed by atoms with Gasteiger partial charge < -0.3 is 5.32 Å². The topological polar surface area (TPSA) is 101 Å². The zero-order chi connectivity index (χ0) is 22.2. The van der Waals surface area contributed by atoms with E-state index in [9.17, 15) is 18.0 Å². The fraction of sp³-hybridized carbons (Fsp3) is 0.667. The summed E-state index contributed by atoms with van der Waals surface area (Å²) in [6.45, 7) is 4.59. The number of nitrogens with one attached hydrogen (secondary N) is 1. The summed E-state index contributed by atoms with van der Waals surface area (Å²) in [7, 11) is -3.80. The minimum absolute atomic E-state index is 0.0570. The minimum Gasteiger partial charge on any atom is -0.352 e. The maximum Gasteiger partial charge on any atom is 0.263 e. The summed E-state index contributed by atoms with van der Waals surface area (Å²) >= 11 is 1.21. The number of amides is 1. The van der Waals surface area contributed by atoms with Crippen LogP contribution < -0.4 is 10.9 Å². The van der Waals surface area contributed by atoms with Gasteiger partial charge in [0.15, 0.2) is 0 Å². The van der Waals surface area contributed by atoms with Gasteiger partial charge in [-0.3, -0.25) is 14.2 Å². The molecule has 3 heterocycles. The molecule has 1 saturated carbocycles. The van der Waals surface area contributed by atoms with E-state index in [1.54, 1.807) is 6.92 Å². The Kier molecular flexibility index (Phi) is 6.50. The number of carbonyl (C=O) groups excluding carboxylic acids is 1. The highest BCUT2D eigenvalue weighted by molar-refractivity contribution is 7.89. The largest absolute Gasteiger partial charge is 0.352 e. The average molecular weight is 467 g/mol. The normalized spacial score (nSPS) is 19.7. The van der Waals surface area contributed by atoms with Crippen molar-refractivity contribution in [2.45, 2.75) is 76.3 Å². The molecular formula is C21H30N4O4S2. The van der Waals surface area contributed by atoms with Gasteiger partial charge in [0, 0.05) is 24.0 Å². The van der Waals surface area contributed by atoms with E-state index in [0.29, 0.717) is 28.7 Å². The maximum absolute atomic E-state index is 13.4. The smallest absolute Gasteiger partial charge is 0.263 e. The summed E-state index contributed by atoms with van der Waals surface area (Å²) in [5.74, 6) is 0.255. The average Bonchev–Trinajstić information content (AvgIpc) is 3.09. The van der Waals surface area contributed by atoms with Crippen LogP contribution in [0.4, 0.5) is 0 Å². The highest BCUT2D eigenvalue weighted by atomic mass is 32.2. The molecule has 1 N–H and O–H groups in total. The Morgan fingerprint density at radius 1 is 1.19 bits per heavy atom. The van der Waals surface area contributed by atoms with Crippen molar-refractivity contribution in [2.75, 3.05) is 13.1 Å². The molecule has 31 heavy (non-hydrogen) atoms. The molecule has 4 rings (SSSR count). The van der Waals surface area contributed by atoms with E-state index < -0.39 is 15.6 Å². The number of aromatic nitrogens is 2. The van der Waals surface area contributed by atoms with Gasteiger partial charge in [0.25, 0.3) is 5.56 Å². The number of rotatable bonds is 5. The molecule has 1 aliphatic carbocycles. The van der Waals surface area contributed by atoms with Crippen LogP contribution in [0.5, 0.6) is 0 Å². The fourth-order valence-electron chi connectivity index (χ4n) is 4.57. The molecule has 10 heteroatoms. The van der Waals surface area contributed by atoms with Gasteiger partial charge in [-0.25, -0.2) is 13.4 Å². The van der Waals surface area contributed by atoms with Crippen molar-refractivity contribution in [1.82, 2.24) is 19.2 Å². The number of carbonyl (C=O) groups is 1. The first-order chi connectivity index (χ1) is 14.8. The minimum atomic E-state index is -3.80. The molecule has 0 bridgehead atoms. The fourth-order valence-corrected chi connectivity index (χ4v) is 7.70. The Hall–Kier alpha value is -1.78. The second-order valence-electron chi connectivity index (χ2n) is 8.83. The third-order valence-corrected chi connectivity index (χ3v) is 9.64. The van der Waals surface area contributed by atoms with Crippen molar-refractivity contribution in [3.63, 3.8) is 0 Å². The van der Waals surface area contributed by atoms with Crippen LogP contribution in [0.15, 0.2) is 16.0 Å². The maximum atomic E-state index is 13.4. The quantitative estimate of drug-likeness (QED) is 0.730. The molecule has 2 fully saturated rings. The Balaban J connectivity index is 1.64. The predicted octanol–water partition coefficient (Wildman–Crippen LogP) is 2.64. The molecule has 2 aromatic rings. The highest BCUT2D eigenvalue weighted by Crippen LogP contribution is 2.34. The van der Waals surface area contributed by atoms with Crippen molar-refractivity contribution in [3.8, 4) is 0 Å². The van der Waals surface area contributed by atoms with Crippen LogP contribution in [0, 0.1) is 12.8 Å². The van der Waals surface area contributed by atoms with Crippen molar-refractivity contribution < 1.29 is 13.2 Å². The number of aryl methyl sites for hydroxylation is 1. The predicted molar refractivity (Wildman–Crippen MR) is 121 cm³/mol.